The lowest BCUT2D eigenvalue weighted by Gasteiger charge is -2.07. The van der Waals surface area contributed by atoms with Crippen LogP contribution in [0.5, 0.6) is 0 Å². The second kappa shape index (κ2) is 3.22. The molecule has 0 saturated carbocycles. The van der Waals surface area contributed by atoms with Crippen LogP contribution in [0.2, 0.25) is 0 Å². The molecule has 60 valence electrons. The summed E-state index contributed by atoms with van der Waals surface area (Å²) in [5.74, 6) is 0. The monoisotopic (exact) mass is 174 g/mol. The predicted octanol–water partition coefficient (Wildman–Crippen LogP) is 3.39. The predicted molar refractivity (Wildman–Crippen MR) is 42.9 cm³/mol. The quantitative estimate of drug-likeness (QED) is 0.619. The first-order valence-corrected chi connectivity index (χ1v) is 4.01. The molecule has 0 N–H and O–H groups in total. The number of hydrogen-bond donors (Lipinski definition) is 0. The lowest BCUT2D eigenvalue weighted by Crippen LogP contribution is -2.00. The Morgan fingerprint density at radius 2 is 1.73 bits per heavy atom. The molecule has 0 aromatic heterocycles. The van der Waals surface area contributed by atoms with E-state index >= 15 is 0 Å². The molecular weight excluding hydrogens is 166 g/mol. The summed E-state index contributed by atoms with van der Waals surface area (Å²) in [6.45, 7) is 0.894. The van der Waals surface area contributed by atoms with Gasteiger partial charge >= 0.3 is 0 Å². The molecule has 0 aliphatic carbocycles. The van der Waals surface area contributed by atoms with Crippen LogP contribution in [0.15, 0.2) is 35.2 Å². The third-order valence-electron chi connectivity index (χ3n) is 1.04. The zero-order valence-corrected chi connectivity index (χ0v) is 6.87. The van der Waals surface area contributed by atoms with Crippen molar-refractivity contribution in [1.29, 1.82) is 0 Å². The maximum Gasteiger partial charge on any atom is 0.295 e. The van der Waals surface area contributed by atoms with Crippen molar-refractivity contribution in [1.82, 2.24) is 0 Å². The van der Waals surface area contributed by atoms with Gasteiger partial charge < -0.3 is 0 Å². The Labute approximate surface area is 68.6 Å². The van der Waals surface area contributed by atoms with Crippen LogP contribution in [0.3, 0.4) is 0 Å². The van der Waals surface area contributed by atoms with Gasteiger partial charge in [-0.1, -0.05) is 30.0 Å². The van der Waals surface area contributed by atoms with Crippen molar-refractivity contribution in [3.63, 3.8) is 0 Å². The molecule has 1 rings (SSSR count). The summed E-state index contributed by atoms with van der Waals surface area (Å²) in [5, 5.41) is -2.68. The van der Waals surface area contributed by atoms with Gasteiger partial charge in [-0.3, -0.25) is 0 Å². The molecule has 0 heterocycles. The van der Waals surface area contributed by atoms with Crippen LogP contribution >= 0.6 is 11.8 Å². The van der Waals surface area contributed by atoms with E-state index in [2.05, 4.69) is 0 Å². The van der Waals surface area contributed by atoms with E-state index < -0.39 is 5.25 Å². The Morgan fingerprint density at radius 1 is 1.18 bits per heavy atom. The molecule has 0 amide bonds. The second-order valence-corrected chi connectivity index (χ2v) is 3.62. The molecule has 0 saturated heterocycles. The van der Waals surface area contributed by atoms with Gasteiger partial charge in [0, 0.05) is 11.8 Å². The van der Waals surface area contributed by atoms with Crippen molar-refractivity contribution in [2.45, 2.75) is 17.1 Å². The van der Waals surface area contributed by atoms with E-state index in [0.717, 1.165) is 6.92 Å². The van der Waals surface area contributed by atoms with Crippen LogP contribution in [0.25, 0.3) is 0 Å². The van der Waals surface area contributed by atoms with Crippen molar-refractivity contribution in [2.24, 2.45) is 0 Å². The summed E-state index contributed by atoms with van der Waals surface area (Å²) < 4.78 is 24.7. The van der Waals surface area contributed by atoms with Gasteiger partial charge in [-0.25, -0.2) is 0 Å². The smallest absolute Gasteiger partial charge is 0.194 e. The SMILES string of the molecule is CC(F)(F)Sc1ccccc1. The summed E-state index contributed by atoms with van der Waals surface area (Å²) >= 11 is 0.567. The molecule has 0 atom stereocenters. The number of hydrogen-bond acceptors (Lipinski definition) is 1. The van der Waals surface area contributed by atoms with E-state index in [9.17, 15) is 8.78 Å². The highest BCUT2D eigenvalue weighted by Crippen LogP contribution is 2.34. The first-order chi connectivity index (χ1) is 5.08. The fourth-order valence-electron chi connectivity index (χ4n) is 0.695. The lowest BCUT2D eigenvalue weighted by atomic mass is 10.4. The Hall–Kier alpha value is -0.570. The largest absolute Gasteiger partial charge is 0.295 e. The van der Waals surface area contributed by atoms with Crippen LogP contribution < -0.4 is 0 Å². The molecule has 0 radical (unpaired) electrons. The van der Waals surface area contributed by atoms with E-state index in [1.165, 1.54) is 0 Å². The normalized spacial score (nSPS) is 11.5. The average molecular weight is 174 g/mol. The van der Waals surface area contributed by atoms with Crippen LogP contribution in [0, 0.1) is 0 Å². The van der Waals surface area contributed by atoms with Crippen LogP contribution in [-0.2, 0) is 0 Å². The number of benzene rings is 1. The number of rotatable bonds is 2. The van der Waals surface area contributed by atoms with Crippen molar-refractivity contribution in [3.8, 4) is 0 Å². The van der Waals surface area contributed by atoms with Crippen molar-refractivity contribution < 1.29 is 8.78 Å². The maximum atomic E-state index is 12.4. The molecule has 1 aromatic carbocycles. The first kappa shape index (κ1) is 8.53. The number of halogens is 2. The number of alkyl halides is 2. The van der Waals surface area contributed by atoms with Crippen LogP contribution in [0.4, 0.5) is 8.78 Å². The molecule has 1 aromatic rings. The zero-order chi connectivity index (χ0) is 8.32. The molecule has 11 heavy (non-hydrogen) atoms. The fraction of sp³-hybridized carbons (Fsp3) is 0.250. The minimum Gasteiger partial charge on any atom is -0.194 e. The highest BCUT2D eigenvalue weighted by molar-refractivity contribution is 8.00. The molecule has 0 fully saturated rings. The van der Waals surface area contributed by atoms with Gasteiger partial charge in [0.1, 0.15) is 0 Å². The van der Waals surface area contributed by atoms with Gasteiger partial charge in [0.05, 0.1) is 0 Å². The van der Waals surface area contributed by atoms with E-state index in [1.54, 1.807) is 30.3 Å². The minimum atomic E-state index is -2.68. The summed E-state index contributed by atoms with van der Waals surface area (Å²) in [5.41, 5.74) is 0. The number of thioether (sulfide) groups is 1. The molecule has 0 nitrogen and oxygen atoms in total. The van der Waals surface area contributed by atoms with Crippen LogP contribution in [0.1, 0.15) is 6.92 Å². The summed E-state index contributed by atoms with van der Waals surface area (Å²) in [6, 6.07) is 8.63. The van der Waals surface area contributed by atoms with E-state index in [-0.39, 0.29) is 0 Å². The maximum absolute atomic E-state index is 12.4. The van der Waals surface area contributed by atoms with Gasteiger partial charge in [-0.05, 0) is 12.1 Å². The second-order valence-electron chi connectivity index (χ2n) is 2.22. The molecule has 0 spiro atoms. The van der Waals surface area contributed by atoms with Crippen molar-refractivity contribution >= 4 is 11.8 Å². The Morgan fingerprint density at radius 3 is 2.18 bits per heavy atom. The van der Waals surface area contributed by atoms with Gasteiger partial charge in [0.2, 0.25) is 0 Å². The fourth-order valence-corrected chi connectivity index (χ4v) is 1.40. The van der Waals surface area contributed by atoms with Crippen molar-refractivity contribution in [2.75, 3.05) is 0 Å². The topological polar surface area (TPSA) is 0 Å². The highest BCUT2D eigenvalue weighted by Gasteiger charge is 2.21. The first-order valence-electron chi connectivity index (χ1n) is 3.20. The van der Waals surface area contributed by atoms with E-state index in [0.29, 0.717) is 16.7 Å². The molecule has 0 bridgehead atoms. The van der Waals surface area contributed by atoms with Gasteiger partial charge in [-0.2, -0.15) is 8.78 Å². The standard InChI is InChI=1S/C8H8F2S/c1-8(9,10)11-7-5-3-2-4-6-7/h2-6H,1H3. The molecule has 0 aliphatic rings. The van der Waals surface area contributed by atoms with E-state index in [4.69, 9.17) is 0 Å². The Balaban J connectivity index is 2.66. The summed E-state index contributed by atoms with van der Waals surface area (Å²) in [7, 11) is 0. The van der Waals surface area contributed by atoms with Gasteiger partial charge in [0.25, 0.3) is 5.25 Å². The third-order valence-corrected chi connectivity index (χ3v) is 1.91. The average Bonchev–Trinajstić information content (AvgIpc) is 1.85. The third kappa shape index (κ3) is 3.37. The van der Waals surface area contributed by atoms with Gasteiger partial charge in [-0.15, -0.1) is 0 Å². The Kier molecular flexibility index (Phi) is 2.49. The molecular formula is C8H8F2S. The summed E-state index contributed by atoms with van der Waals surface area (Å²) in [4.78, 5) is 0.597. The van der Waals surface area contributed by atoms with Crippen LogP contribution in [-0.4, -0.2) is 5.25 Å². The minimum absolute atomic E-state index is 0.567. The molecule has 0 unspecified atom stereocenters. The molecule has 0 aliphatic heterocycles. The lowest BCUT2D eigenvalue weighted by molar-refractivity contribution is 0.129. The highest BCUT2D eigenvalue weighted by atomic mass is 32.2. The molecule has 3 heteroatoms. The van der Waals surface area contributed by atoms with Gasteiger partial charge in [0.15, 0.2) is 0 Å². The summed E-state index contributed by atoms with van der Waals surface area (Å²) in [6.07, 6.45) is 0. The Bertz CT molecular complexity index is 215. The van der Waals surface area contributed by atoms with E-state index in [1.807, 2.05) is 0 Å². The zero-order valence-electron chi connectivity index (χ0n) is 6.05. The van der Waals surface area contributed by atoms with Crippen molar-refractivity contribution in [3.05, 3.63) is 30.3 Å².